The van der Waals surface area contributed by atoms with Crippen molar-refractivity contribution in [2.75, 3.05) is 0 Å². The van der Waals surface area contributed by atoms with Crippen LogP contribution in [-0.2, 0) is 6.54 Å². The van der Waals surface area contributed by atoms with Gasteiger partial charge in [-0.25, -0.2) is 9.97 Å². The first-order valence-electron chi connectivity index (χ1n) is 7.59. The lowest BCUT2D eigenvalue weighted by Gasteiger charge is -2.03. The molecule has 0 radical (unpaired) electrons. The molecule has 0 aliphatic rings. The van der Waals surface area contributed by atoms with Gasteiger partial charge in [-0.15, -0.1) is 0 Å². The Hall–Kier alpha value is -3.28. The first-order chi connectivity index (χ1) is 11.8. The summed E-state index contributed by atoms with van der Waals surface area (Å²) < 4.78 is 6.94. The topological polar surface area (TPSA) is 69.6 Å². The minimum atomic E-state index is 0.587. The second-order valence-corrected chi connectivity index (χ2v) is 5.54. The number of hydrogen-bond donors (Lipinski definition) is 0. The summed E-state index contributed by atoms with van der Waals surface area (Å²) in [5.74, 6) is 0.801. The molecule has 3 heterocycles. The summed E-state index contributed by atoms with van der Waals surface area (Å²) in [4.78, 5) is 8.14. The molecule has 6 heteroatoms. The van der Waals surface area contributed by atoms with Gasteiger partial charge in [-0.2, -0.15) is 5.10 Å². The van der Waals surface area contributed by atoms with E-state index in [9.17, 15) is 0 Å². The van der Waals surface area contributed by atoms with Crippen LogP contribution in [0.25, 0.3) is 22.4 Å². The van der Waals surface area contributed by atoms with Crippen LogP contribution in [0.2, 0.25) is 0 Å². The summed E-state index contributed by atoms with van der Waals surface area (Å²) in [7, 11) is 0. The highest BCUT2D eigenvalue weighted by Gasteiger charge is 2.07. The third-order valence-electron chi connectivity index (χ3n) is 3.69. The Morgan fingerprint density at radius 2 is 1.83 bits per heavy atom. The van der Waals surface area contributed by atoms with E-state index in [0.29, 0.717) is 6.54 Å². The molecule has 0 saturated carbocycles. The molecule has 0 aliphatic carbocycles. The van der Waals surface area contributed by atoms with Crippen LogP contribution in [0.1, 0.15) is 11.5 Å². The monoisotopic (exact) mass is 317 g/mol. The summed E-state index contributed by atoms with van der Waals surface area (Å²) in [5, 5.41) is 8.62. The lowest BCUT2D eigenvalue weighted by molar-refractivity contribution is 0.388. The van der Waals surface area contributed by atoms with Gasteiger partial charge < -0.3 is 4.52 Å². The molecule has 0 fully saturated rings. The van der Waals surface area contributed by atoms with Gasteiger partial charge in [0.05, 0.1) is 12.2 Å². The van der Waals surface area contributed by atoms with E-state index in [4.69, 9.17) is 4.52 Å². The quantitative estimate of drug-likeness (QED) is 0.577. The maximum atomic E-state index is 5.09. The molecule has 0 aliphatic heterocycles. The number of benzene rings is 1. The molecule has 0 spiro atoms. The molecule has 0 unspecified atom stereocenters. The zero-order chi connectivity index (χ0) is 16.4. The van der Waals surface area contributed by atoms with Crippen molar-refractivity contribution < 1.29 is 4.52 Å². The van der Waals surface area contributed by atoms with Crippen LogP contribution in [0.4, 0.5) is 0 Å². The van der Waals surface area contributed by atoms with E-state index in [1.54, 1.807) is 12.4 Å². The highest BCUT2D eigenvalue weighted by Crippen LogP contribution is 2.24. The van der Waals surface area contributed by atoms with E-state index in [1.807, 2.05) is 48.1 Å². The molecule has 0 atom stereocenters. The van der Waals surface area contributed by atoms with Gasteiger partial charge in [0.1, 0.15) is 17.8 Å². The molecule has 0 N–H and O–H groups in total. The molecular formula is C18H15N5O. The standard InChI is InChI=1S/C18H15N5O/c1-13-7-17(22-24-13)11-23-6-5-18(21-23)15-4-2-3-14(8-15)16-9-19-12-20-10-16/h2-10,12H,11H2,1H3. The van der Waals surface area contributed by atoms with Crippen LogP contribution < -0.4 is 0 Å². The van der Waals surface area contributed by atoms with Gasteiger partial charge in [0.15, 0.2) is 0 Å². The molecular weight excluding hydrogens is 302 g/mol. The van der Waals surface area contributed by atoms with Gasteiger partial charge >= 0.3 is 0 Å². The number of aromatic nitrogens is 5. The predicted molar refractivity (Wildman–Crippen MR) is 89.0 cm³/mol. The molecule has 3 aromatic heterocycles. The molecule has 118 valence electrons. The molecule has 6 nitrogen and oxygen atoms in total. The zero-order valence-electron chi connectivity index (χ0n) is 13.1. The number of rotatable bonds is 4. The summed E-state index contributed by atoms with van der Waals surface area (Å²) in [6.07, 6.45) is 7.08. The van der Waals surface area contributed by atoms with Crippen molar-refractivity contribution in [3.63, 3.8) is 0 Å². The highest BCUT2D eigenvalue weighted by atomic mass is 16.5. The van der Waals surface area contributed by atoms with Crippen LogP contribution >= 0.6 is 0 Å². The summed E-state index contributed by atoms with van der Waals surface area (Å²) >= 11 is 0. The van der Waals surface area contributed by atoms with E-state index in [-0.39, 0.29) is 0 Å². The number of aryl methyl sites for hydroxylation is 1. The molecule has 0 amide bonds. The lowest BCUT2D eigenvalue weighted by Crippen LogP contribution is -2.00. The summed E-state index contributed by atoms with van der Waals surface area (Å²) in [5.41, 5.74) is 4.87. The smallest absolute Gasteiger partial charge is 0.133 e. The SMILES string of the molecule is Cc1cc(Cn2ccc(-c3cccc(-c4cncnc4)c3)n2)no1. The van der Waals surface area contributed by atoms with Crippen LogP contribution in [0, 0.1) is 6.92 Å². The third kappa shape index (κ3) is 2.94. The second kappa shape index (κ2) is 6.08. The molecule has 24 heavy (non-hydrogen) atoms. The Kier molecular flexibility index (Phi) is 3.63. The first kappa shape index (κ1) is 14.3. The van der Waals surface area contributed by atoms with E-state index in [2.05, 4.69) is 26.3 Å². The van der Waals surface area contributed by atoms with Crippen molar-refractivity contribution >= 4 is 0 Å². The Balaban J connectivity index is 1.60. The normalized spacial score (nSPS) is 10.9. The van der Waals surface area contributed by atoms with E-state index >= 15 is 0 Å². The van der Waals surface area contributed by atoms with Crippen molar-refractivity contribution in [3.05, 3.63) is 72.8 Å². The number of nitrogens with zero attached hydrogens (tertiary/aromatic N) is 5. The average molecular weight is 317 g/mol. The van der Waals surface area contributed by atoms with Crippen molar-refractivity contribution in [1.82, 2.24) is 24.9 Å². The Morgan fingerprint density at radius 1 is 1.00 bits per heavy atom. The molecule has 4 rings (SSSR count). The summed E-state index contributed by atoms with van der Waals surface area (Å²) in [6, 6.07) is 12.1. The van der Waals surface area contributed by atoms with Crippen molar-refractivity contribution in [1.29, 1.82) is 0 Å². The fourth-order valence-corrected chi connectivity index (χ4v) is 2.57. The minimum Gasteiger partial charge on any atom is -0.361 e. The molecule has 4 aromatic rings. The van der Waals surface area contributed by atoms with E-state index in [1.165, 1.54) is 6.33 Å². The molecule has 0 saturated heterocycles. The van der Waals surface area contributed by atoms with Crippen LogP contribution in [-0.4, -0.2) is 24.9 Å². The maximum Gasteiger partial charge on any atom is 0.133 e. The van der Waals surface area contributed by atoms with Gasteiger partial charge in [-0.1, -0.05) is 23.4 Å². The number of hydrogen-bond acceptors (Lipinski definition) is 5. The molecule has 0 bridgehead atoms. The second-order valence-electron chi connectivity index (χ2n) is 5.54. The molecule has 1 aromatic carbocycles. The van der Waals surface area contributed by atoms with E-state index in [0.717, 1.165) is 33.8 Å². The highest BCUT2D eigenvalue weighted by molar-refractivity contribution is 5.70. The Labute approximate surface area is 138 Å². The van der Waals surface area contributed by atoms with Crippen molar-refractivity contribution in [2.45, 2.75) is 13.5 Å². The van der Waals surface area contributed by atoms with Crippen LogP contribution in [0.3, 0.4) is 0 Å². The van der Waals surface area contributed by atoms with Crippen molar-refractivity contribution in [2.24, 2.45) is 0 Å². The van der Waals surface area contributed by atoms with Gasteiger partial charge in [0.25, 0.3) is 0 Å². The Bertz CT molecular complexity index is 958. The largest absolute Gasteiger partial charge is 0.361 e. The minimum absolute atomic E-state index is 0.587. The van der Waals surface area contributed by atoms with Gasteiger partial charge in [0, 0.05) is 35.8 Å². The van der Waals surface area contributed by atoms with Gasteiger partial charge in [-0.05, 0) is 24.6 Å². The van der Waals surface area contributed by atoms with Crippen LogP contribution in [0.15, 0.2) is 65.8 Å². The van der Waals surface area contributed by atoms with Crippen LogP contribution in [0.5, 0.6) is 0 Å². The lowest BCUT2D eigenvalue weighted by atomic mass is 10.0. The fraction of sp³-hybridized carbons (Fsp3) is 0.111. The first-order valence-corrected chi connectivity index (χ1v) is 7.59. The van der Waals surface area contributed by atoms with Gasteiger partial charge in [-0.3, -0.25) is 4.68 Å². The van der Waals surface area contributed by atoms with Gasteiger partial charge in [0.2, 0.25) is 0 Å². The maximum absolute atomic E-state index is 5.09. The third-order valence-corrected chi connectivity index (χ3v) is 3.69. The predicted octanol–water partition coefficient (Wildman–Crippen LogP) is 3.35. The zero-order valence-corrected chi connectivity index (χ0v) is 13.1. The van der Waals surface area contributed by atoms with E-state index < -0.39 is 0 Å². The summed E-state index contributed by atoms with van der Waals surface area (Å²) in [6.45, 7) is 2.47. The average Bonchev–Trinajstić information content (AvgIpc) is 3.25. The fourth-order valence-electron chi connectivity index (χ4n) is 2.57. The Morgan fingerprint density at radius 3 is 2.62 bits per heavy atom. The van der Waals surface area contributed by atoms with Crippen molar-refractivity contribution in [3.8, 4) is 22.4 Å².